The molecular weight excluding hydrogens is 400 g/mol. The quantitative estimate of drug-likeness (QED) is 0.527. The van der Waals surface area contributed by atoms with E-state index >= 15 is 0 Å². The molecule has 0 spiro atoms. The number of carbonyl (C=O) groups excluding carboxylic acids is 2. The van der Waals surface area contributed by atoms with Gasteiger partial charge in [-0.05, 0) is 42.5 Å². The second-order valence-corrected chi connectivity index (χ2v) is 6.41. The monoisotopic (exact) mass is 414 g/mol. The van der Waals surface area contributed by atoms with Crippen molar-refractivity contribution in [2.75, 3.05) is 5.32 Å². The predicted molar refractivity (Wildman–Crippen MR) is 102 cm³/mol. The fraction of sp³-hybridized carbons (Fsp3) is 0.111. The van der Waals surface area contributed by atoms with Gasteiger partial charge in [-0.3, -0.25) is 9.59 Å². The Morgan fingerprint density at radius 2 is 1.92 bits per heavy atom. The van der Waals surface area contributed by atoms with Gasteiger partial charge in [0, 0.05) is 27.5 Å². The Balaban J connectivity index is 1.81. The highest BCUT2D eigenvalue weighted by atomic mass is 79.9. The van der Waals surface area contributed by atoms with Crippen molar-refractivity contribution in [3.63, 3.8) is 0 Å². The van der Waals surface area contributed by atoms with Crippen LogP contribution in [-0.4, -0.2) is 21.9 Å². The van der Waals surface area contributed by atoms with Crippen LogP contribution in [0.3, 0.4) is 0 Å². The molecule has 2 amide bonds. The number of anilines is 1. The average Bonchev–Trinajstić information content (AvgIpc) is 2.94. The van der Waals surface area contributed by atoms with Gasteiger partial charge >= 0.3 is 0 Å². The third kappa shape index (κ3) is 3.80. The number of azo groups is 1. The van der Waals surface area contributed by atoms with E-state index in [9.17, 15) is 14.7 Å². The molecule has 0 aliphatic carbocycles. The van der Waals surface area contributed by atoms with Crippen LogP contribution in [0.2, 0.25) is 0 Å². The summed E-state index contributed by atoms with van der Waals surface area (Å²) in [7, 11) is 0. The summed E-state index contributed by atoms with van der Waals surface area (Å²) < 4.78 is 0.816. The summed E-state index contributed by atoms with van der Waals surface area (Å²) in [5.74, 6) is -0.820. The van der Waals surface area contributed by atoms with Gasteiger partial charge in [-0.1, -0.05) is 22.9 Å². The molecule has 8 heteroatoms. The predicted octanol–water partition coefficient (Wildman–Crippen LogP) is 4.91. The number of carbonyl (C=O) groups is 2. The maximum Gasteiger partial charge on any atom is 0.295 e. The number of fused-ring (bicyclic) bond motifs is 1. The third-order valence-electron chi connectivity index (χ3n) is 3.69. The minimum absolute atomic E-state index is 0.107. The number of nitrogens with one attached hydrogen (secondary N) is 2. The molecule has 0 aliphatic rings. The molecule has 0 aliphatic heterocycles. The van der Waals surface area contributed by atoms with Crippen molar-refractivity contribution in [3.8, 4) is 5.88 Å². The van der Waals surface area contributed by atoms with Crippen LogP contribution in [0.25, 0.3) is 10.9 Å². The molecule has 1 heterocycles. The summed E-state index contributed by atoms with van der Waals surface area (Å²) in [5, 5.41) is 20.9. The van der Waals surface area contributed by atoms with E-state index in [1.165, 1.54) is 0 Å². The number of hydrogen-bond acceptors (Lipinski definition) is 4. The molecule has 26 heavy (non-hydrogen) atoms. The number of halogens is 1. The van der Waals surface area contributed by atoms with Gasteiger partial charge < -0.3 is 15.4 Å². The number of benzene rings is 2. The Kier molecular flexibility index (Phi) is 5.13. The van der Waals surface area contributed by atoms with Crippen LogP contribution < -0.4 is 5.32 Å². The van der Waals surface area contributed by atoms with E-state index in [2.05, 4.69) is 36.5 Å². The van der Waals surface area contributed by atoms with E-state index < -0.39 is 5.91 Å². The molecule has 0 radical (unpaired) electrons. The molecule has 3 aromatic rings. The van der Waals surface area contributed by atoms with Crippen LogP contribution in [0.15, 0.2) is 57.2 Å². The van der Waals surface area contributed by atoms with Crippen molar-refractivity contribution >= 4 is 50.0 Å². The molecule has 0 atom stereocenters. The molecule has 0 bridgehead atoms. The van der Waals surface area contributed by atoms with Gasteiger partial charge in [0.05, 0.1) is 5.52 Å². The Labute approximate surface area is 157 Å². The molecule has 3 rings (SSSR count). The molecule has 2 aromatic carbocycles. The number of amides is 2. The van der Waals surface area contributed by atoms with Gasteiger partial charge in [-0.15, -0.1) is 10.2 Å². The van der Waals surface area contributed by atoms with Crippen LogP contribution in [0.1, 0.15) is 23.7 Å². The van der Waals surface area contributed by atoms with Gasteiger partial charge in [-0.25, -0.2) is 0 Å². The van der Waals surface area contributed by atoms with Crippen LogP contribution in [0, 0.1) is 0 Å². The molecule has 3 N–H and O–H groups in total. The number of H-pyrrole nitrogens is 1. The SMILES string of the molecule is CCC(=O)Nc1ccc(C(=O)N=Nc2c(O)[nH]c3ccc(Br)cc23)cc1. The Morgan fingerprint density at radius 1 is 1.19 bits per heavy atom. The van der Waals surface area contributed by atoms with E-state index in [1.54, 1.807) is 43.3 Å². The first-order valence-corrected chi connectivity index (χ1v) is 8.63. The summed E-state index contributed by atoms with van der Waals surface area (Å²) >= 11 is 3.36. The minimum Gasteiger partial charge on any atom is -0.493 e. The lowest BCUT2D eigenvalue weighted by Gasteiger charge is -2.03. The van der Waals surface area contributed by atoms with Gasteiger partial charge in [0.1, 0.15) is 0 Å². The van der Waals surface area contributed by atoms with Crippen molar-refractivity contribution in [1.29, 1.82) is 0 Å². The zero-order chi connectivity index (χ0) is 18.7. The first-order valence-electron chi connectivity index (χ1n) is 7.84. The van der Waals surface area contributed by atoms with Gasteiger partial charge in [0.2, 0.25) is 11.8 Å². The highest BCUT2D eigenvalue weighted by Crippen LogP contribution is 2.36. The summed E-state index contributed by atoms with van der Waals surface area (Å²) in [6, 6.07) is 11.7. The van der Waals surface area contributed by atoms with Crippen LogP contribution in [-0.2, 0) is 4.79 Å². The second-order valence-electron chi connectivity index (χ2n) is 5.50. The molecule has 0 unspecified atom stereocenters. The Morgan fingerprint density at radius 3 is 2.62 bits per heavy atom. The number of aromatic hydroxyl groups is 1. The maximum atomic E-state index is 12.2. The Bertz CT molecular complexity index is 1010. The highest BCUT2D eigenvalue weighted by molar-refractivity contribution is 9.10. The van der Waals surface area contributed by atoms with E-state index in [1.807, 2.05) is 6.07 Å². The maximum absolute atomic E-state index is 12.2. The number of nitrogens with zero attached hydrogens (tertiary/aromatic N) is 2. The zero-order valence-corrected chi connectivity index (χ0v) is 15.4. The fourth-order valence-corrected chi connectivity index (χ4v) is 2.70. The normalized spacial score (nSPS) is 11.2. The lowest BCUT2D eigenvalue weighted by molar-refractivity contribution is -0.115. The first-order chi connectivity index (χ1) is 12.5. The van der Waals surface area contributed by atoms with E-state index in [-0.39, 0.29) is 17.5 Å². The highest BCUT2D eigenvalue weighted by Gasteiger charge is 2.12. The summed E-state index contributed by atoms with van der Waals surface area (Å²) in [6.45, 7) is 1.76. The van der Waals surface area contributed by atoms with Crippen LogP contribution in [0.5, 0.6) is 5.88 Å². The molecule has 0 saturated heterocycles. The molecular formula is C18H15BrN4O3. The fourth-order valence-electron chi connectivity index (χ4n) is 2.34. The smallest absolute Gasteiger partial charge is 0.295 e. The van der Waals surface area contributed by atoms with Crippen molar-refractivity contribution in [1.82, 2.24) is 4.98 Å². The Hall–Kier alpha value is -3.00. The topological polar surface area (TPSA) is 107 Å². The minimum atomic E-state index is -0.554. The molecule has 0 saturated carbocycles. The number of hydrogen-bond donors (Lipinski definition) is 3. The molecule has 0 fully saturated rings. The van der Waals surface area contributed by atoms with E-state index in [4.69, 9.17) is 0 Å². The van der Waals surface area contributed by atoms with Crippen molar-refractivity contribution in [3.05, 3.63) is 52.5 Å². The van der Waals surface area contributed by atoms with Crippen molar-refractivity contribution in [2.45, 2.75) is 13.3 Å². The molecule has 132 valence electrons. The molecule has 7 nitrogen and oxygen atoms in total. The van der Waals surface area contributed by atoms with Gasteiger partial charge in [-0.2, -0.15) is 0 Å². The third-order valence-corrected chi connectivity index (χ3v) is 4.18. The van der Waals surface area contributed by atoms with Crippen molar-refractivity contribution < 1.29 is 14.7 Å². The number of aromatic amines is 1. The van der Waals surface area contributed by atoms with Gasteiger partial charge in [0.15, 0.2) is 5.69 Å². The standard InChI is InChI=1S/C18H15BrN4O3/c1-2-15(24)20-12-6-3-10(4-7-12)17(25)23-22-16-13-9-11(19)5-8-14(13)21-18(16)26/h3-9,21,26H,2H2,1H3,(H,20,24). The average molecular weight is 415 g/mol. The number of rotatable bonds is 4. The number of aromatic nitrogens is 1. The van der Waals surface area contributed by atoms with Crippen LogP contribution >= 0.6 is 15.9 Å². The lowest BCUT2D eigenvalue weighted by atomic mass is 10.2. The first kappa shape index (κ1) is 17.8. The summed E-state index contributed by atoms with van der Waals surface area (Å²) in [6.07, 6.45) is 0.374. The van der Waals surface area contributed by atoms with Crippen LogP contribution in [0.4, 0.5) is 11.4 Å². The van der Waals surface area contributed by atoms with Crippen molar-refractivity contribution in [2.24, 2.45) is 10.2 Å². The second kappa shape index (κ2) is 7.49. The zero-order valence-electron chi connectivity index (χ0n) is 13.8. The molecule has 1 aromatic heterocycles. The largest absolute Gasteiger partial charge is 0.493 e. The summed E-state index contributed by atoms with van der Waals surface area (Å²) in [5.41, 5.74) is 1.80. The van der Waals surface area contributed by atoms with E-state index in [0.717, 1.165) is 4.47 Å². The van der Waals surface area contributed by atoms with Gasteiger partial charge in [0.25, 0.3) is 5.91 Å². The lowest BCUT2D eigenvalue weighted by Crippen LogP contribution is -2.09. The summed E-state index contributed by atoms with van der Waals surface area (Å²) in [4.78, 5) is 26.3. The van der Waals surface area contributed by atoms with E-state index in [0.29, 0.717) is 28.6 Å².